The Morgan fingerprint density at radius 3 is 1.03 bits per heavy atom. The van der Waals surface area contributed by atoms with Crippen molar-refractivity contribution in [2.45, 2.75) is 296 Å². The zero-order valence-corrected chi connectivity index (χ0v) is 41.6. The lowest BCUT2D eigenvalue weighted by atomic mass is 10.0. The molecule has 0 spiro atoms. The van der Waals surface area contributed by atoms with Gasteiger partial charge in [-0.25, -0.2) is 0 Å². The van der Waals surface area contributed by atoms with Gasteiger partial charge in [0.25, 0.3) is 0 Å². The molecule has 0 aromatic heterocycles. The smallest absolute Gasteiger partial charge is 0.220 e. The van der Waals surface area contributed by atoms with E-state index >= 15 is 0 Å². The topological polar surface area (TPSA) is 69.6 Å². The Morgan fingerprint density at radius 2 is 0.677 bits per heavy atom. The second-order valence-corrected chi connectivity index (χ2v) is 18.6. The Balaban J connectivity index is 3.56. The van der Waals surface area contributed by atoms with Crippen molar-refractivity contribution in [3.05, 3.63) is 60.8 Å². The van der Waals surface area contributed by atoms with E-state index in [1.165, 1.54) is 218 Å². The van der Waals surface area contributed by atoms with E-state index in [0.29, 0.717) is 6.42 Å². The van der Waals surface area contributed by atoms with E-state index in [9.17, 15) is 15.0 Å². The molecule has 0 bridgehead atoms. The van der Waals surface area contributed by atoms with Crippen LogP contribution in [-0.4, -0.2) is 34.9 Å². The molecule has 0 radical (unpaired) electrons. The monoisotopic (exact) mass is 866 g/mol. The predicted octanol–water partition coefficient (Wildman–Crippen LogP) is 18.0. The van der Waals surface area contributed by atoms with E-state index < -0.39 is 12.1 Å². The summed E-state index contributed by atoms with van der Waals surface area (Å²) in [6, 6.07) is -0.648. The number of unbranched alkanes of at least 4 members (excludes halogenated alkanes) is 35. The summed E-state index contributed by atoms with van der Waals surface area (Å²) in [7, 11) is 0. The lowest BCUT2D eigenvalue weighted by Crippen LogP contribution is -2.45. The minimum atomic E-state index is -0.873. The summed E-state index contributed by atoms with van der Waals surface area (Å²) in [6.45, 7) is 4.31. The number of aliphatic hydroxyl groups excluding tert-OH is 2. The highest BCUT2D eigenvalue weighted by molar-refractivity contribution is 5.76. The summed E-state index contributed by atoms with van der Waals surface area (Å²) in [4.78, 5) is 12.5. The number of hydrogen-bond acceptors (Lipinski definition) is 3. The van der Waals surface area contributed by atoms with Gasteiger partial charge >= 0.3 is 0 Å². The molecule has 0 fully saturated rings. The fraction of sp³-hybridized carbons (Fsp3) is 0.810. The molecule has 0 aliphatic heterocycles. The minimum absolute atomic E-state index is 0.0776. The molecule has 0 aromatic carbocycles. The molecule has 0 aromatic rings. The van der Waals surface area contributed by atoms with Gasteiger partial charge in [-0.2, -0.15) is 0 Å². The van der Waals surface area contributed by atoms with Gasteiger partial charge in [0.2, 0.25) is 5.91 Å². The third-order valence-electron chi connectivity index (χ3n) is 12.5. The SMILES string of the molecule is CCCCCCCCCCC/C=C\C/C=C\CCCCCCCCCCCCCCCC(=O)NC(CO)C(O)/C=C/CC/C=C/CC/C=C/CCCCCCCCCCCCC. The van der Waals surface area contributed by atoms with Gasteiger partial charge in [0, 0.05) is 6.42 Å². The van der Waals surface area contributed by atoms with Crippen LogP contribution in [0.2, 0.25) is 0 Å². The van der Waals surface area contributed by atoms with Crippen LogP contribution in [0.15, 0.2) is 60.8 Å². The maximum absolute atomic E-state index is 12.5. The number of amides is 1. The van der Waals surface area contributed by atoms with Crippen molar-refractivity contribution < 1.29 is 15.0 Å². The molecule has 0 saturated heterocycles. The summed E-state index contributed by atoms with van der Waals surface area (Å²) in [5.74, 6) is -0.0776. The molecule has 2 atom stereocenters. The summed E-state index contributed by atoms with van der Waals surface area (Å²) >= 11 is 0. The molecular weight excluding hydrogens is 759 g/mol. The van der Waals surface area contributed by atoms with E-state index in [2.05, 4.69) is 67.8 Å². The van der Waals surface area contributed by atoms with Crippen LogP contribution in [0.4, 0.5) is 0 Å². The Labute approximate surface area is 387 Å². The standard InChI is InChI=1S/C58H107NO3/c1-3-5-7-9-11-13-15-17-19-21-23-25-26-27-28-29-30-31-32-34-36-38-40-42-44-46-48-50-52-54-58(62)59-56(55-60)57(61)53-51-49-47-45-43-41-39-37-35-33-24-22-20-18-16-14-12-10-8-6-4-2/h23,25,27-28,35,37,43,45,51,53,56-57,60-61H,3-22,24,26,29-34,36,38-42,44,46-50,52,54-55H2,1-2H3,(H,59,62)/b25-23-,28-27-,37-35+,45-43+,53-51+. The predicted molar refractivity (Wildman–Crippen MR) is 276 cm³/mol. The van der Waals surface area contributed by atoms with Crippen LogP contribution in [0.5, 0.6) is 0 Å². The fourth-order valence-electron chi connectivity index (χ4n) is 8.24. The molecule has 1 amide bonds. The third-order valence-corrected chi connectivity index (χ3v) is 12.5. The molecule has 0 saturated carbocycles. The van der Waals surface area contributed by atoms with Crippen molar-refractivity contribution >= 4 is 5.91 Å². The molecule has 4 heteroatoms. The molecule has 62 heavy (non-hydrogen) atoms. The molecule has 0 aliphatic carbocycles. The molecular formula is C58H107NO3. The van der Waals surface area contributed by atoms with E-state index in [1.807, 2.05) is 6.08 Å². The molecule has 2 unspecified atom stereocenters. The normalized spacial score (nSPS) is 13.3. The number of allylic oxidation sites excluding steroid dienone is 9. The van der Waals surface area contributed by atoms with E-state index in [0.717, 1.165) is 44.9 Å². The highest BCUT2D eigenvalue weighted by atomic mass is 16.3. The Hall–Kier alpha value is -1.91. The van der Waals surface area contributed by atoms with Crippen molar-refractivity contribution in [1.82, 2.24) is 5.32 Å². The lowest BCUT2D eigenvalue weighted by molar-refractivity contribution is -0.123. The zero-order chi connectivity index (χ0) is 44.9. The average molecular weight is 866 g/mol. The molecule has 0 rings (SSSR count). The first kappa shape index (κ1) is 60.1. The number of nitrogens with one attached hydrogen (secondary N) is 1. The summed E-state index contributed by atoms with van der Waals surface area (Å²) in [5, 5.41) is 23.1. The maximum Gasteiger partial charge on any atom is 0.220 e. The van der Waals surface area contributed by atoms with Crippen molar-refractivity contribution in [2.75, 3.05) is 6.61 Å². The van der Waals surface area contributed by atoms with E-state index in [-0.39, 0.29) is 12.5 Å². The third kappa shape index (κ3) is 49.1. The van der Waals surface area contributed by atoms with Gasteiger partial charge in [0.15, 0.2) is 0 Å². The fourth-order valence-corrected chi connectivity index (χ4v) is 8.24. The van der Waals surface area contributed by atoms with Crippen molar-refractivity contribution in [2.24, 2.45) is 0 Å². The number of carbonyl (C=O) groups is 1. The highest BCUT2D eigenvalue weighted by Crippen LogP contribution is 2.16. The summed E-state index contributed by atoms with van der Waals surface area (Å²) in [6.07, 6.45) is 75.2. The van der Waals surface area contributed by atoms with Crippen LogP contribution in [-0.2, 0) is 4.79 Å². The number of rotatable bonds is 50. The van der Waals surface area contributed by atoms with Crippen LogP contribution >= 0.6 is 0 Å². The van der Waals surface area contributed by atoms with Crippen molar-refractivity contribution in [1.29, 1.82) is 0 Å². The molecule has 3 N–H and O–H groups in total. The maximum atomic E-state index is 12.5. The van der Waals surface area contributed by atoms with E-state index in [4.69, 9.17) is 0 Å². The van der Waals surface area contributed by atoms with Gasteiger partial charge in [-0.1, -0.05) is 261 Å². The van der Waals surface area contributed by atoms with Gasteiger partial charge in [0.1, 0.15) is 0 Å². The van der Waals surface area contributed by atoms with Gasteiger partial charge < -0.3 is 15.5 Å². The Morgan fingerprint density at radius 1 is 0.387 bits per heavy atom. The minimum Gasteiger partial charge on any atom is -0.394 e. The largest absolute Gasteiger partial charge is 0.394 e. The van der Waals surface area contributed by atoms with E-state index in [1.54, 1.807) is 6.08 Å². The highest BCUT2D eigenvalue weighted by Gasteiger charge is 2.17. The van der Waals surface area contributed by atoms with Crippen LogP contribution < -0.4 is 5.32 Å². The molecule has 362 valence electrons. The van der Waals surface area contributed by atoms with Gasteiger partial charge in [-0.3, -0.25) is 4.79 Å². The summed E-state index contributed by atoms with van der Waals surface area (Å²) in [5.41, 5.74) is 0. The molecule has 0 heterocycles. The Bertz CT molecular complexity index is 1030. The first-order chi connectivity index (χ1) is 30.7. The lowest BCUT2D eigenvalue weighted by Gasteiger charge is -2.19. The first-order valence-electron chi connectivity index (χ1n) is 27.5. The van der Waals surface area contributed by atoms with Crippen LogP contribution in [0.25, 0.3) is 0 Å². The Kier molecular flexibility index (Phi) is 51.8. The zero-order valence-electron chi connectivity index (χ0n) is 41.6. The average Bonchev–Trinajstić information content (AvgIpc) is 3.28. The van der Waals surface area contributed by atoms with Gasteiger partial charge in [-0.15, -0.1) is 0 Å². The second kappa shape index (κ2) is 53.4. The van der Waals surface area contributed by atoms with Crippen LogP contribution in [0.1, 0.15) is 284 Å². The van der Waals surface area contributed by atoms with Crippen molar-refractivity contribution in [3.63, 3.8) is 0 Å². The van der Waals surface area contributed by atoms with Crippen LogP contribution in [0.3, 0.4) is 0 Å². The number of carbonyl (C=O) groups excluding carboxylic acids is 1. The molecule has 4 nitrogen and oxygen atoms in total. The molecule has 0 aliphatic rings. The number of aliphatic hydroxyl groups is 2. The quantitative estimate of drug-likeness (QED) is 0.0421. The second-order valence-electron chi connectivity index (χ2n) is 18.6. The first-order valence-corrected chi connectivity index (χ1v) is 27.5. The summed E-state index contributed by atoms with van der Waals surface area (Å²) < 4.78 is 0. The van der Waals surface area contributed by atoms with Crippen molar-refractivity contribution in [3.8, 4) is 0 Å². The van der Waals surface area contributed by atoms with Gasteiger partial charge in [0.05, 0.1) is 18.8 Å². The van der Waals surface area contributed by atoms with Crippen LogP contribution in [0, 0.1) is 0 Å². The number of hydrogen-bond donors (Lipinski definition) is 3. The van der Waals surface area contributed by atoms with Gasteiger partial charge in [-0.05, 0) is 77.0 Å².